The lowest BCUT2D eigenvalue weighted by Crippen LogP contribution is -2.54. The first-order chi connectivity index (χ1) is 20.8. The topological polar surface area (TPSA) is 43.9 Å². The summed E-state index contributed by atoms with van der Waals surface area (Å²) in [6.45, 7) is 4.58. The fourth-order valence-corrected chi connectivity index (χ4v) is 7.65. The summed E-state index contributed by atoms with van der Waals surface area (Å²) in [6, 6.07) is 24.4. The Kier molecular flexibility index (Phi) is 8.61. The van der Waals surface area contributed by atoms with Crippen molar-refractivity contribution < 1.29 is 14.0 Å². The lowest BCUT2D eigenvalue weighted by Gasteiger charge is -2.44. The molecule has 0 spiro atoms. The molecule has 0 N–H and O–H groups in total. The zero-order valence-electron chi connectivity index (χ0n) is 25.0. The van der Waals surface area contributed by atoms with Gasteiger partial charge in [0, 0.05) is 38.2 Å². The Morgan fingerprint density at radius 2 is 1.51 bits per heavy atom. The van der Waals surface area contributed by atoms with E-state index in [1.165, 1.54) is 18.6 Å². The van der Waals surface area contributed by atoms with Crippen LogP contribution >= 0.6 is 11.6 Å². The van der Waals surface area contributed by atoms with Gasteiger partial charge in [-0.1, -0.05) is 66.2 Å². The Morgan fingerprint density at radius 1 is 0.860 bits per heavy atom. The molecule has 0 aromatic heterocycles. The van der Waals surface area contributed by atoms with Crippen molar-refractivity contribution in [3.63, 3.8) is 0 Å². The molecule has 3 aromatic rings. The van der Waals surface area contributed by atoms with E-state index in [0.717, 1.165) is 81.5 Å². The van der Waals surface area contributed by atoms with Gasteiger partial charge in [-0.15, -0.1) is 0 Å². The summed E-state index contributed by atoms with van der Waals surface area (Å²) in [5.74, 6) is 0.254. The Hall–Kier alpha value is -3.22. The second-order valence-corrected chi connectivity index (χ2v) is 13.2. The van der Waals surface area contributed by atoms with Gasteiger partial charge in [-0.25, -0.2) is 4.39 Å². The van der Waals surface area contributed by atoms with Crippen molar-refractivity contribution in [2.75, 3.05) is 39.8 Å². The van der Waals surface area contributed by atoms with Crippen LogP contribution < -0.4 is 0 Å². The lowest BCUT2D eigenvalue weighted by molar-refractivity contribution is -0.140. The zero-order chi connectivity index (χ0) is 30.0. The molecule has 2 saturated heterocycles. The number of benzene rings is 3. The molecule has 0 radical (unpaired) electrons. The highest BCUT2D eigenvalue weighted by Crippen LogP contribution is 2.56. The molecular formula is C36H41ClFN3O2. The molecule has 2 aliphatic heterocycles. The van der Waals surface area contributed by atoms with E-state index in [9.17, 15) is 14.0 Å². The number of rotatable bonds is 8. The molecular weight excluding hydrogens is 561 g/mol. The number of hydrogen-bond donors (Lipinski definition) is 0. The first-order valence-electron chi connectivity index (χ1n) is 15.7. The van der Waals surface area contributed by atoms with Crippen molar-refractivity contribution in [1.29, 1.82) is 0 Å². The van der Waals surface area contributed by atoms with Crippen molar-refractivity contribution >= 4 is 23.4 Å². The Labute approximate surface area is 259 Å². The molecule has 3 fully saturated rings. The predicted octanol–water partition coefficient (Wildman–Crippen LogP) is 6.44. The lowest BCUT2D eigenvalue weighted by atomic mass is 9.71. The third-order valence-corrected chi connectivity index (χ3v) is 10.3. The number of hydrogen-bond acceptors (Lipinski definition) is 3. The van der Waals surface area contributed by atoms with Gasteiger partial charge in [0.2, 0.25) is 11.8 Å². The normalized spacial score (nSPS) is 23.5. The minimum absolute atomic E-state index is 0.0834. The van der Waals surface area contributed by atoms with Crippen molar-refractivity contribution in [3.8, 4) is 0 Å². The summed E-state index contributed by atoms with van der Waals surface area (Å²) in [6.07, 6.45) is 5.71. The molecule has 2 atom stereocenters. The summed E-state index contributed by atoms with van der Waals surface area (Å²) in [5, 5.41) is 0.648. The number of nitrogens with zero attached hydrogens (tertiary/aromatic N) is 3. The van der Waals surface area contributed by atoms with E-state index in [4.69, 9.17) is 11.6 Å². The maximum absolute atomic E-state index is 14.1. The van der Waals surface area contributed by atoms with Gasteiger partial charge in [-0.2, -0.15) is 0 Å². The second kappa shape index (κ2) is 12.4. The van der Waals surface area contributed by atoms with Crippen LogP contribution in [0.1, 0.15) is 55.2 Å². The molecule has 3 aromatic carbocycles. The van der Waals surface area contributed by atoms with Crippen LogP contribution in [0.15, 0.2) is 78.9 Å². The Morgan fingerprint density at radius 3 is 2.16 bits per heavy atom. The molecule has 2 heterocycles. The smallest absolute Gasteiger partial charge is 0.233 e. The van der Waals surface area contributed by atoms with Crippen LogP contribution in [0.5, 0.6) is 0 Å². The molecule has 1 saturated carbocycles. The molecule has 7 heteroatoms. The average Bonchev–Trinajstić information content (AvgIpc) is 3.77. The summed E-state index contributed by atoms with van der Waals surface area (Å²) < 4.78 is 13.5. The quantitative estimate of drug-likeness (QED) is 0.298. The van der Waals surface area contributed by atoms with Gasteiger partial charge in [0.05, 0.1) is 10.8 Å². The van der Waals surface area contributed by atoms with Gasteiger partial charge in [0.15, 0.2) is 0 Å². The molecule has 0 bridgehead atoms. The molecule has 3 aliphatic rings. The summed E-state index contributed by atoms with van der Waals surface area (Å²) in [5.41, 5.74) is 1.92. The SMILES string of the molecule is CN(Cc1ccc(F)cc1)C(=O)[C@@]1(c2ccc(Cl)cc2)C[C@H]1CN1CCC(C(=O)N2CCCCC2)(c2ccccc2)CC1. The third kappa shape index (κ3) is 5.97. The van der Waals surface area contributed by atoms with Gasteiger partial charge in [-0.05, 0) is 98.5 Å². The average molecular weight is 602 g/mol. The van der Waals surface area contributed by atoms with E-state index in [2.05, 4.69) is 21.9 Å². The second-order valence-electron chi connectivity index (χ2n) is 12.8. The molecule has 1 aliphatic carbocycles. The molecule has 5 nitrogen and oxygen atoms in total. The molecule has 0 unspecified atom stereocenters. The number of likely N-dealkylation sites (tertiary alicyclic amines) is 2. The van der Waals surface area contributed by atoms with Crippen molar-refractivity contribution in [1.82, 2.24) is 14.7 Å². The maximum atomic E-state index is 14.1. The largest absolute Gasteiger partial charge is 0.342 e. The third-order valence-electron chi connectivity index (χ3n) is 10.1. The number of carbonyl (C=O) groups excluding carboxylic acids is 2. The van der Waals surface area contributed by atoms with Crippen LogP contribution in [-0.2, 0) is 27.0 Å². The van der Waals surface area contributed by atoms with E-state index in [0.29, 0.717) is 11.6 Å². The fourth-order valence-electron chi connectivity index (χ4n) is 7.52. The number of amides is 2. The number of halogens is 2. The van der Waals surface area contributed by atoms with Crippen molar-refractivity contribution in [2.45, 2.75) is 55.9 Å². The van der Waals surface area contributed by atoms with Crippen LogP contribution in [-0.4, -0.2) is 66.3 Å². The van der Waals surface area contributed by atoms with E-state index in [1.807, 2.05) is 49.5 Å². The van der Waals surface area contributed by atoms with Crippen molar-refractivity contribution in [3.05, 3.63) is 106 Å². The highest BCUT2D eigenvalue weighted by Gasteiger charge is 2.62. The van der Waals surface area contributed by atoms with E-state index >= 15 is 0 Å². The minimum atomic E-state index is -0.614. The van der Waals surface area contributed by atoms with Crippen LogP contribution in [0.2, 0.25) is 5.02 Å². The van der Waals surface area contributed by atoms with Gasteiger partial charge < -0.3 is 14.7 Å². The van der Waals surface area contributed by atoms with E-state index < -0.39 is 10.8 Å². The summed E-state index contributed by atoms with van der Waals surface area (Å²) in [7, 11) is 1.83. The molecule has 2 amide bonds. The highest BCUT2D eigenvalue weighted by molar-refractivity contribution is 6.30. The predicted molar refractivity (Wildman–Crippen MR) is 168 cm³/mol. The number of piperidine rings is 2. The van der Waals surface area contributed by atoms with Gasteiger partial charge in [0.25, 0.3) is 0 Å². The number of likely N-dealkylation sites (N-methyl/N-ethyl adjacent to an activating group) is 1. The van der Waals surface area contributed by atoms with Crippen LogP contribution in [0.25, 0.3) is 0 Å². The van der Waals surface area contributed by atoms with Crippen LogP contribution in [0, 0.1) is 11.7 Å². The van der Waals surface area contributed by atoms with E-state index in [-0.39, 0.29) is 23.5 Å². The van der Waals surface area contributed by atoms with Crippen LogP contribution in [0.4, 0.5) is 4.39 Å². The first kappa shape index (κ1) is 29.8. The highest BCUT2D eigenvalue weighted by atomic mass is 35.5. The monoisotopic (exact) mass is 601 g/mol. The Bertz CT molecular complexity index is 1420. The molecule has 226 valence electrons. The van der Waals surface area contributed by atoms with Gasteiger partial charge in [0.1, 0.15) is 5.82 Å². The maximum Gasteiger partial charge on any atom is 0.233 e. The fraction of sp³-hybridized carbons (Fsp3) is 0.444. The van der Waals surface area contributed by atoms with Crippen LogP contribution in [0.3, 0.4) is 0 Å². The molecule has 43 heavy (non-hydrogen) atoms. The Balaban J connectivity index is 1.18. The van der Waals surface area contributed by atoms with E-state index in [1.54, 1.807) is 17.0 Å². The standard InChI is InChI=1S/C36H41ClFN3O2/c1-39(25-27-10-16-32(38)17-11-27)34(43)36(29-12-14-31(37)15-13-29)24-30(36)26-40-22-18-35(19-23-40,28-8-4-2-5-9-28)33(42)41-20-6-3-7-21-41/h2,4-5,8-17,30H,3,6-7,18-26H2,1H3/t30-,36+/m0/s1. The van der Waals surface area contributed by atoms with Gasteiger partial charge in [-0.3, -0.25) is 9.59 Å². The minimum Gasteiger partial charge on any atom is -0.342 e. The number of carbonyl (C=O) groups is 2. The van der Waals surface area contributed by atoms with Gasteiger partial charge >= 0.3 is 0 Å². The zero-order valence-corrected chi connectivity index (χ0v) is 25.7. The summed E-state index contributed by atoms with van der Waals surface area (Å²) >= 11 is 6.23. The molecule has 6 rings (SSSR count). The van der Waals surface area contributed by atoms with Crippen molar-refractivity contribution in [2.24, 2.45) is 5.92 Å². The first-order valence-corrected chi connectivity index (χ1v) is 16.0. The summed E-state index contributed by atoms with van der Waals surface area (Å²) in [4.78, 5) is 34.6.